The van der Waals surface area contributed by atoms with Crippen molar-refractivity contribution in [1.29, 1.82) is 5.26 Å². The quantitative estimate of drug-likeness (QED) is 0.367. The summed E-state index contributed by atoms with van der Waals surface area (Å²) in [5.41, 5.74) is 6.16. The van der Waals surface area contributed by atoms with E-state index in [4.69, 9.17) is 20.5 Å². The van der Waals surface area contributed by atoms with Gasteiger partial charge in [-0.15, -0.1) is 11.8 Å². The van der Waals surface area contributed by atoms with Gasteiger partial charge in [-0.25, -0.2) is 19.0 Å². The molecule has 2 heterocycles. The van der Waals surface area contributed by atoms with Gasteiger partial charge in [-0.05, 0) is 88.2 Å². The monoisotopic (exact) mass is 623 g/mol. The lowest BCUT2D eigenvalue weighted by molar-refractivity contribution is 0.0287. The van der Waals surface area contributed by atoms with Gasteiger partial charge < -0.3 is 20.1 Å². The number of nitrogens with zero attached hydrogens (tertiary/aromatic N) is 4. The number of benzene rings is 1. The van der Waals surface area contributed by atoms with Crippen molar-refractivity contribution < 1.29 is 23.5 Å². The molecule has 12 heteroatoms. The van der Waals surface area contributed by atoms with Crippen molar-refractivity contribution in [2.75, 3.05) is 30.0 Å². The second-order valence-corrected chi connectivity index (χ2v) is 12.9. The number of ether oxygens (including phenoxy) is 2. The summed E-state index contributed by atoms with van der Waals surface area (Å²) in [7, 11) is 0. The lowest BCUT2D eigenvalue weighted by Crippen LogP contribution is -2.46. The summed E-state index contributed by atoms with van der Waals surface area (Å²) in [4.78, 5) is 34.1. The average Bonchev–Trinajstić information content (AvgIpc) is 3.30. The van der Waals surface area contributed by atoms with E-state index in [9.17, 15) is 9.59 Å². The van der Waals surface area contributed by atoms with Crippen LogP contribution in [0, 0.1) is 17.1 Å². The van der Waals surface area contributed by atoms with Gasteiger partial charge in [-0.3, -0.25) is 4.90 Å². The van der Waals surface area contributed by atoms with Crippen LogP contribution in [0.1, 0.15) is 59.9 Å². The molecule has 1 aliphatic heterocycles. The molecule has 9 nitrogen and oxygen atoms in total. The van der Waals surface area contributed by atoms with Gasteiger partial charge in [-0.1, -0.05) is 0 Å². The molecule has 1 unspecified atom stereocenters. The number of likely N-dealkylation sites (tertiary alicyclic amines) is 1. The molecule has 0 spiro atoms. The summed E-state index contributed by atoms with van der Waals surface area (Å²) >= 11 is 4.54. The number of nitrogens with two attached hydrogens (primary N) is 1. The van der Waals surface area contributed by atoms with Crippen molar-refractivity contribution >= 4 is 62.2 Å². The molecule has 2 aromatic rings. The van der Waals surface area contributed by atoms with E-state index in [-0.39, 0.29) is 40.8 Å². The number of carbonyl (C=O) groups excluding carboxylic acids is 2. The average molecular weight is 625 g/mol. The molecule has 2 N–H and O–H groups in total. The minimum atomic E-state index is -0.828. The predicted octanol–water partition coefficient (Wildman–Crippen LogP) is 6.65. The first-order chi connectivity index (χ1) is 18.1. The smallest absolute Gasteiger partial charge is 0.415 e. The van der Waals surface area contributed by atoms with Crippen molar-refractivity contribution in [3.8, 4) is 6.07 Å². The van der Waals surface area contributed by atoms with Crippen molar-refractivity contribution in [1.82, 2.24) is 9.88 Å². The number of aryl methyl sites for hydroxylation is 1. The van der Waals surface area contributed by atoms with Gasteiger partial charge >= 0.3 is 12.2 Å². The maximum absolute atomic E-state index is 15.7. The molecule has 1 saturated heterocycles. The van der Waals surface area contributed by atoms with Crippen LogP contribution in [0.4, 0.5) is 25.4 Å². The third-order valence-corrected chi connectivity index (χ3v) is 7.48. The Morgan fingerprint density at radius 3 is 2.49 bits per heavy atom. The number of rotatable bonds is 5. The molecule has 0 aliphatic carbocycles. The Balaban J connectivity index is 2.23. The number of aromatic nitrogens is 1. The number of nitrogen functional groups attached to an aromatic ring is 1. The molecule has 2 amide bonds. The Bertz CT molecular complexity index is 1320. The van der Waals surface area contributed by atoms with Gasteiger partial charge in [0.25, 0.3) is 0 Å². The minimum absolute atomic E-state index is 0.0340. The Morgan fingerprint density at radius 2 is 1.92 bits per heavy atom. The molecule has 1 fully saturated rings. The van der Waals surface area contributed by atoms with Crippen LogP contribution in [0.5, 0.6) is 0 Å². The Kier molecular flexibility index (Phi) is 9.27. The maximum Gasteiger partial charge on any atom is 0.415 e. The van der Waals surface area contributed by atoms with Crippen LogP contribution < -0.4 is 10.6 Å². The highest BCUT2D eigenvalue weighted by atomic mass is 79.9. The summed E-state index contributed by atoms with van der Waals surface area (Å²) < 4.78 is 27.3. The predicted molar refractivity (Wildman–Crippen MR) is 154 cm³/mol. The van der Waals surface area contributed by atoms with Crippen molar-refractivity contribution in [3.05, 3.63) is 21.9 Å². The third-order valence-electron chi connectivity index (χ3n) is 5.92. The first-order valence-electron chi connectivity index (χ1n) is 12.6. The molecule has 39 heavy (non-hydrogen) atoms. The number of anilines is 2. The highest BCUT2D eigenvalue weighted by Gasteiger charge is 2.39. The summed E-state index contributed by atoms with van der Waals surface area (Å²) in [6, 6.07) is 3.26. The van der Waals surface area contributed by atoms with E-state index < -0.39 is 35.2 Å². The van der Waals surface area contributed by atoms with E-state index in [1.807, 2.05) is 0 Å². The van der Waals surface area contributed by atoms with Gasteiger partial charge in [0.2, 0.25) is 0 Å². The fourth-order valence-electron chi connectivity index (χ4n) is 4.33. The number of halogens is 2. The first kappa shape index (κ1) is 30.8. The lowest BCUT2D eigenvalue weighted by atomic mass is 10.0. The topological polar surface area (TPSA) is 122 Å². The molecular formula is C27H35BrFN5O4S. The van der Waals surface area contributed by atoms with Gasteiger partial charge in [0, 0.05) is 24.9 Å². The molecule has 1 aliphatic rings. The molecule has 0 saturated carbocycles. The normalized spacial score (nSPS) is 15.8. The number of carbonyl (C=O) groups is 2. The van der Waals surface area contributed by atoms with Crippen LogP contribution in [0.3, 0.4) is 0 Å². The number of hydrogen-bond donors (Lipinski definition) is 1. The number of thioether (sulfide) groups is 1. The zero-order valence-electron chi connectivity index (χ0n) is 23.4. The summed E-state index contributed by atoms with van der Waals surface area (Å²) in [5.74, 6) is -0.608. The van der Waals surface area contributed by atoms with Gasteiger partial charge in [0.1, 0.15) is 21.7 Å². The summed E-state index contributed by atoms with van der Waals surface area (Å²) in [5, 5.41) is 9.79. The number of nitriles is 1. The fraction of sp³-hybridized carbons (Fsp3) is 0.556. The second kappa shape index (κ2) is 11.8. The van der Waals surface area contributed by atoms with E-state index in [0.717, 1.165) is 0 Å². The van der Waals surface area contributed by atoms with E-state index in [0.29, 0.717) is 28.9 Å². The van der Waals surface area contributed by atoms with E-state index in [2.05, 4.69) is 27.0 Å². The summed E-state index contributed by atoms with van der Waals surface area (Å²) in [6.45, 7) is 11.1. The van der Waals surface area contributed by atoms with Crippen molar-refractivity contribution in [2.45, 2.75) is 83.1 Å². The second-order valence-electron chi connectivity index (χ2n) is 11.3. The van der Waals surface area contributed by atoms with Gasteiger partial charge in [-0.2, -0.15) is 5.26 Å². The highest BCUT2D eigenvalue weighted by Crippen LogP contribution is 2.43. The molecule has 1 aromatic heterocycles. The largest absolute Gasteiger partial charge is 0.444 e. The van der Waals surface area contributed by atoms with Crippen LogP contribution in [0.25, 0.3) is 10.9 Å². The van der Waals surface area contributed by atoms with E-state index in [1.54, 1.807) is 53.9 Å². The Labute approximate surface area is 241 Å². The van der Waals surface area contributed by atoms with Gasteiger partial charge in [0.05, 0.1) is 28.0 Å². The Hall–Kier alpha value is -2.78. The zero-order chi connectivity index (χ0) is 29.3. The SMILES string of the molecule is CSc1nc2c(F)c(Br)c(CCC#N)cc2c(N(C(=O)OC(C)(C)C)C2CCN(C(=O)OC(C)(C)C)C2)c1N. The maximum atomic E-state index is 15.7. The number of amides is 2. The molecule has 0 bridgehead atoms. The Morgan fingerprint density at radius 1 is 1.28 bits per heavy atom. The minimum Gasteiger partial charge on any atom is -0.444 e. The molecular weight excluding hydrogens is 589 g/mol. The van der Waals surface area contributed by atoms with Crippen LogP contribution in [-0.4, -0.2) is 58.7 Å². The summed E-state index contributed by atoms with van der Waals surface area (Å²) in [6.07, 6.45) is 1.49. The molecule has 0 radical (unpaired) electrons. The molecule has 1 aromatic carbocycles. The van der Waals surface area contributed by atoms with Crippen molar-refractivity contribution in [2.24, 2.45) is 0 Å². The lowest BCUT2D eigenvalue weighted by Gasteiger charge is -2.33. The standard InChI is InChI=1S/C27H35BrFN5O4S/c1-26(2,3)37-24(35)33-12-10-16(14-33)34(25(36)38-27(4,5)6)22-17-13-15(9-8-11-30)18(28)19(29)21(17)32-23(39-7)20(22)31/h13,16H,8-10,12,14,31H2,1-7H3. The van der Waals surface area contributed by atoms with Crippen LogP contribution in [-0.2, 0) is 15.9 Å². The molecule has 3 rings (SSSR count). The fourth-order valence-corrected chi connectivity index (χ4v) is 5.33. The number of pyridine rings is 1. The number of fused-ring (bicyclic) bond motifs is 1. The third kappa shape index (κ3) is 7.06. The first-order valence-corrected chi connectivity index (χ1v) is 14.6. The zero-order valence-corrected chi connectivity index (χ0v) is 25.8. The highest BCUT2D eigenvalue weighted by molar-refractivity contribution is 9.10. The van der Waals surface area contributed by atoms with Crippen LogP contribution in [0.2, 0.25) is 0 Å². The molecule has 212 valence electrons. The van der Waals surface area contributed by atoms with E-state index in [1.165, 1.54) is 21.6 Å². The van der Waals surface area contributed by atoms with Crippen LogP contribution >= 0.6 is 27.7 Å². The van der Waals surface area contributed by atoms with Crippen LogP contribution in [0.15, 0.2) is 15.6 Å². The molecule has 1 atom stereocenters. The number of hydrogen-bond acceptors (Lipinski definition) is 8. The van der Waals surface area contributed by atoms with Crippen molar-refractivity contribution in [3.63, 3.8) is 0 Å². The van der Waals surface area contributed by atoms with Gasteiger partial charge in [0.15, 0.2) is 5.82 Å². The van der Waals surface area contributed by atoms with E-state index >= 15 is 4.39 Å².